The van der Waals surface area contributed by atoms with Gasteiger partial charge in [0.15, 0.2) is 5.52 Å². The van der Waals surface area contributed by atoms with Gasteiger partial charge in [0.2, 0.25) is 0 Å². The fourth-order valence-electron chi connectivity index (χ4n) is 2.54. The molecule has 0 aliphatic heterocycles. The van der Waals surface area contributed by atoms with Gasteiger partial charge in [-0.3, -0.25) is 4.79 Å². The van der Waals surface area contributed by atoms with Crippen molar-refractivity contribution in [1.29, 1.82) is 0 Å². The molecule has 1 radical (unpaired) electrons. The van der Waals surface area contributed by atoms with E-state index in [1.807, 2.05) is 6.92 Å². The van der Waals surface area contributed by atoms with Crippen molar-refractivity contribution < 1.29 is 35.9 Å². The van der Waals surface area contributed by atoms with E-state index in [0.29, 0.717) is 41.4 Å². The number of hydrogen-bond acceptors (Lipinski definition) is 2. The Balaban J connectivity index is 0.00000420. The molecule has 10 heteroatoms. The van der Waals surface area contributed by atoms with Gasteiger partial charge in [-0.2, -0.15) is 26.3 Å². The molecule has 1 atom stereocenters. The van der Waals surface area contributed by atoms with E-state index in [1.165, 1.54) is 6.07 Å². The van der Waals surface area contributed by atoms with Crippen molar-refractivity contribution in [3.05, 3.63) is 58.7 Å². The maximum Gasteiger partial charge on any atom is 0.417 e. The normalized spacial score (nSPS) is 12.1. The quantitative estimate of drug-likeness (QED) is 0.340. The third-order valence-electron chi connectivity index (χ3n) is 3.82. The topological polar surface area (TPSA) is 26.3 Å². The van der Waals surface area contributed by atoms with Crippen LogP contribution in [0.25, 0.3) is 0 Å². The Morgan fingerprint density at radius 2 is 1.55 bits per heavy atom. The standard InChI is InChI=1S/C19H17F6O2P.Li/c1-3-9-27-12-7-8-15(11(2)10-12)28-17(26)16-13(18(20,21)22)5-4-6-14(16)19(23,24)25;/h4-8,10,28H,3,9H2,1-2H3;. The van der Waals surface area contributed by atoms with Gasteiger partial charge in [0.1, 0.15) is 5.75 Å². The summed E-state index contributed by atoms with van der Waals surface area (Å²) < 4.78 is 84.8. The molecule has 0 saturated carbocycles. The molecule has 1 unspecified atom stereocenters. The van der Waals surface area contributed by atoms with Gasteiger partial charge in [0.25, 0.3) is 0 Å². The van der Waals surface area contributed by atoms with Crippen LogP contribution in [-0.2, 0) is 12.4 Å². The van der Waals surface area contributed by atoms with Gasteiger partial charge < -0.3 is 4.74 Å². The summed E-state index contributed by atoms with van der Waals surface area (Å²) in [6, 6.07) is 6.25. The SMILES string of the molecule is CCCOc1ccc(PC(=O)c2c(C(F)(F)F)cccc2C(F)(F)F)c(C)c1.[Li]. The maximum absolute atomic E-state index is 13.2. The van der Waals surface area contributed by atoms with Crippen LogP contribution in [0.1, 0.15) is 40.4 Å². The second-order valence-electron chi connectivity index (χ2n) is 6.00. The van der Waals surface area contributed by atoms with Crippen molar-refractivity contribution in [1.82, 2.24) is 0 Å². The first kappa shape index (κ1) is 25.6. The van der Waals surface area contributed by atoms with Crippen molar-refractivity contribution in [3.63, 3.8) is 0 Å². The Labute approximate surface area is 178 Å². The van der Waals surface area contributed by atoms with E-state index in [2.05, 4.69) is 0 Å². The molecule has 2 rings (SSSR count). The van der Waals surface area contributed by atoms with Crippen LogP contribution in [0.3, 0.4) is 0 Å². The van der Waals surface area contributed by atoms with Crippen LogP contribution in [0.5, 0.6) is 5.75 Å². The summed E-state index contributed by atoms with van der Waals surface area (Å²) in [6.45, 7) is 4.00. The van der Waals surface area contributed by atoms with Crippen LogP contribution in [0.2, 0.25) is 0 Å². The summed E-state index contributed by atoms with van der Waals surface area (Å²) in [5.41, 5.74) is -5.17. The zero-order chi connectivity index (χ0) is 21.1. The van der Waals surface area contributed by atoms with E-state index < -0.39 is 43.1 Å². The van der Waals surface area contributed by atoms with Gasteiger partial charge in [-0.25, -0.2) is 0 Å². The number of hydrogen-bond donors (Lipinski definition) is 0. The van der Waals surface area contributed by atoms with Crippen molar-refractivity contribution in [2.45, 2.75) is 32.6 Å². The fourth-order valence-corrected chi connectivity index (χ4v) is 3.62. The molecule has 0 aliphatic carbocycles. The predicted molar refractivity (Wildman–Crippen MR) is 101 cm³/mol. The van der Waals surface area contributed by atoms with Gasteiger partial charge in [-0.15, -0.1) is 0 Å². The van der Waals surface area contributed by atoms with Crippen molar-refractivity contribution in [3.8, 4) is 5.75 Å². The van der Waals surface area contributed by atoms with Gasteiger partial charge in [0, 0.05) is 24.4 Å². The molecule has 0 aromatic heterocycles. The number of rotatable bonds is 6. The van der Waals surface area contributed by atoms with Crippen LogP contribution in [0, 0.1) is 6.92 Å². The minimum Gasteiger partial charge on any atom is -0.494 e. The van der Waals surface area contributed by atoms with E-state index >= 15 is 0 Å². The van der Waals surface area contributed by atoms with Crippen LogP contribution < -0.4 is 10.0 Å². The fraction of sp³-hybridized carbons (Fsp3) is 0.316. The van der Waals surface area contributed by atoms with Gasteiger partial charge in [-0.05, 0) is 57.1 Å². The maximum atomic E-state index is 13.2. The summed E-state index contributed by atoms with van der Waals surface area (Å²) in [7, 11) is -0.890. The Hall–Kier alpha value is -1.48. The summed E-state index contributed by atoms with van der Waals surface area (Å²) in [5.74, 6) is 0.520. The average Bonchev–Trinajstić information content (AvgIpc) is 2.59. The molecule has 29 heavy (non-hydrogen) atoms. The minimum atomic E-state index is -5.08. The van der Waals surface area contributed by atoms with E-state index in [-0.39, 0.29) is 18.9 Å². The molecular weight excluding hydrogens is 412 g/mol. The molecule has 0 N–H and O–H groups in total. The summed E-state index contributed by atoms with van der Waals surface area (Å²) in [6.07, 6.45) is -9.39. The van der Waals surface area contributed by atoms with E-state index in [9.17, 15) is 31.1 Å². The number of carbonyl (C=O) groups excluding carboxylic acids is 1. The molecule has 0 spiro atoms. The molecular formula is C19H17F6LiO2P. The van der Waals surface area contributed by atoms with Crippen LogP contribution >= 0.6 is 8.58 Å². The second kappa shape index (κ2) is 10.0. The van der Waals surface area contributed by atoms with E-state index in [4.69, 9.17) is 4.74 Å². The molecule has 0 heterocycles. The first-order valence-electron chi connectivity index (χ1n) is 8.27. The van der Waals surface area contributed by atoms with Crippen molar-refractivity contribution in [2.24, 2.45) is 0 Å². The smallest absolute Gasteiger partial charge is 0.417 e. The number of ether oxygens (including phenoxy) is 1. The monoisotopic (exact) mass is 429 g/mol. The van der Waals surface area contributed by atoms with Crippen molar-refractivity contribution >= 4 is 38.3 Å². The first-order chi connectivity index (χ1) is 12.9. The molecule has 0 amide bonds. The molecule has 2 nitrogen and oxygen atoms in total. The van der Waals surface area contributed by atoms with Crippen LogP contribution in [-0.4, -0.2) is 31.0 Å². The average molecular weight is 429 g/mol. The molecule has 0 bridgehead atoms. The van der Waals surface area contributed by atoms with Gasteiger partial charge in [-0.1, -0.05) is 19.1 Å². The molecule has 2 aromatic rings. The predicted octanol–water partition coefficient (Wildman–Crippen LogP) is 5.58. The Bertz CT molecular complexity index is 833. The van der Waals surface area contributed by atoms with Crippen molar-refractivity contribution in [2.75, 3.05) is 6.61 Å². The molecule has 0 aliphatic rings. The van der Waals surface area contributed by atoms with Gasteiger partial charge >= 0.3 is 12.4 Å². The Morgan fingerprint density at radius 3 is 2.00 bits per heavy atom. The van der Waals surface area contributed by atoms with E-state index in [1.54, 1.807) is 19.1 Å². The van der Waals surface area contributed by atoms with E-state index in [0.717, 1.165) is 6.42 Å². The third kappa shape index (κ3) is 6.50. The number of alkyl halides is 6. The zero-order valence-corrected chi connectivity index (χ0v) is 17.0. The number of halogens is 6. The molecule has 153 valence electrons. The summed E-state index contributed by atoms with van der Waals surface area (Å²) in [5, 5.41) is 0.360. The summed E-state index contributed by atoms with van der Waals surface area (Å²) >= 11 is 0. The minimum absolute atomic E-state index is 0. The molecule has 0 saturated heterocycles. The third-order valence-corrected chi connectivity index (χ3v) is 5.13. The van der Waals surface area contributed by atoms with Gasteiger partial charge in [0.05, 0.1) is 17.7 Å². The second-order valence-corrected chi connectivity index (χ2v) is 7.25. The largest absolute Gasteiger partial charge is 0.494 e. The van der Waals surface area contributed by atoms with Crippen LogP contribution in [0.4, 0.5) is 26.3 Å². The Kier molecular flexibility index (Phi) is 8.83. The first-order valence-corrected chi connectivity index (χ1v) is 9.27. The number of benzene rings is 2. The molecule has 2 aromatic carbocycles. The zero-order valence-electron chi connectivity index (χ0n) is 16.0. The molecule has 0 fully saturated rings. The van der Waals surface area contributed by atoms with Crippen LogP contribution in [0.15, 0.2) is 36.4 Å². The summed E-state index contributed by atoms with van der Waals surface area (Å²) in [4.78, 5) is 12.5. The number of carbonyl (C=O) groups is 1. The Morgan fingerprint density at radius 1 is 1.00 bits per heavy atom. The number of aryl methyl sites for hydroxylation is 1.